The van der Waals surface area contributed by atoms with Crippen LogP contribution in [0.5, 0.6) is 0 Å². The van der Waals surface area contributed by atoms with Gasteiger partial charge in [-0.25, -0.2) is 4.39 Å². The Hall–Kier alpha value is -1.74. The van der Waals surface area contributed by atoms with E-state index in [0.29, 0.717) is 11.3 Å². The van der Waals surface area contributed by atoms with Gasteiger partial charge >= 0.3 is 0 Å². The van der Waals surface area contributed by atoms with Crippen LogP contribution in [0.25, 0.3) is 0 Å². The Bertz CT molecular complexity index is 497. The number of aromatic nitrogens is 1. The van der Waals surface area contributed by atoms with Crippen LogP contribution >= 0.6 is 0 Å². The molecule has 16 heavy (non-hydrogen) atoms. The minimum atomic E-state index is -0.513. The molecule has 0 spiro atoms. The van der Waals surface area contributed by atoms with Gasteiger partial charge in [-0.05, 0) is 25.1 Å². The fourth-order valence-corrected chi connectivity index (χ4v) is 1.62. The maximum absolute atomic E-state index is 13.5. The average Bonchev–Trinajstić information content (AvgIpc) is 2.29. The van der Waals surface area contributed by atoms with E-state index in [1.54, 1.807) is 18.2 Å². The highest BCUT2D eigenvalue weighted by Gasteiger charge is 2.13. The lowest BCUT2D eigenvalue weighted by Gasteiger charge is -2.12. The van der Waals surface area contributed by atoms with Crippen LogP contribution in [-0.2, 0) is 0 Å². The number of benzene rings is 1. The molecule has 1 aromatic heterocycles. The van der Waals surface area contributed by atoms with Crippen molar-refractivity contribution in [2.24, 2.45) is 5.73 Å². The second-order valence-electron chi connectivity index (χ2n) is 3.70. The van der Waals surface area contributed by atoms with Gasteiger partial charge in [0, 0.05) is 11.3 Å². The highest BCUT2D eigenvalue weighted by Crippen LogP contribution is 2.20. The predicted molar refractivity (Wildman–Crippen MR) is 61.4 cm³/mol. The topological polar surface area (TPSA) is 38.9 Å². The maximum Gasteiger partial charge on any atom is 0.128 e. The summed E-state index contributed by atoms with van der Waals surface area (Å²) >= 11 is 0. The van der Waals surface area contributed by atoms with E-state index >= 15 is 0 Å². The zero-order chi connectivity index (χ0) is 11.5. The lowest BCUT2D eigenvalue weighted by atomic mass is 10.0. The van der Waals surface area contributed by atoms with Crippen LogP contribution in [0.15, 0.2) is 42.5 Å². The van der Waals surface area contributed by atoms with Crippen LogP contribution in [0.4, 0.5) is 4.39 Å². The van der Waals surface area contributed by atoms with E-state index in [1.807, 2.05) is 25.1 Å². The van der Waals surface area contributed by atoms with Gasteiger partial charge in [-0.2, -0.15) is 0 Å². The number of nitrogens with zero attached hydrogens (tertiary/aromatic N) is 1. The molecule has 0 amide bonds. The number of hydrogen-bond acceptors (Lipinski definition) is 2. The summed E-state index contributed by atoms with van der Waals surface area (Å²) in [5.74, 6) is -0.293. The molecule has 0 bridgehead atoms. The first-order valence-electron chi connectivity index (χ1n) is 5.12. The standard InChI is InChI=1S/C13H13FN2/c1-9-5-4-8-12(16-9)13(15)10-6-2-3-7-11(10)14/h2-8,13H,15H2,1H3. The van der Waals surface area contributed by atoms with Crippen molar-refractivity contribution in [3.05, 3.63) is 65.2 Å². The van der Waals surface area contributed by atoms with E-state index in [-0.39, 0.29) is 5.82 Å². The van der Waals surface area contributed by atoms with Gasteiger partial charge in [-0.15, -0.1) is 0 Å². The molecule has 2 aromatic rings. The summed E-state index contributed by atoms with van der Waals surface area (Å²) in [6, 6.07) is 11.6. The molecule has 2 N–H and O–H groups in total. The highest BCUT2D eigenvalue weighted by atomic mass is 19.1. The van der Waals surface area contributed by atoms with Crippen molar-refractivity contribution in [3.8, 4) is 0 Å². The average molecular weight is 216 g/mol. The van der Waals surface area contributed by atoms with Crippen molar-refractivity contribution in [2.75, 3.05) is 0 Å². The first kappa shape index (κ1) is 10.8. The minimum absolute atomic E-state index is 0.293. The molecule has 0 radical (unpaired) electrons. The summed E-state index contributed by atoms with van der Waals surface area (Å²) in [5, 5.41) is 0. The Labute approximate surface area is 93.9 Å². The summed E-state index contributed by atoms with van der Waals surface area (Å²) in [5.41, 5.74) is 8.02. The summed E-state index contributed by atoms with van der Waals surface area (Å²) in [4.78, 5) is 4.30. The zero-order valence-corrected chi connectivity index (χ0v) is 9.02. The van der Waals surface area contributed by atoms with Gasteiger partial charge < -0.3 is 5.73 Å². The van der Waals surface area contributed by atoms with E-state index in [9.17, 15) is 4.39 Å². The van der Waals surface area contributed by atoms with Crippen LogP contribution in [0, 0.1) is 12.7 Å². The van der Waals surface area contributed by atoms with E-state index in [2.05, 4.69) is 4.98 Å². The van der Waals surface area contributed by atoms with E-state index in [4.69, 9.17) is 5.73 Å². The van der Waals surface area contributed by atoms with E-state index in [0.717, 1.165) is 5.69 Å². The monoisotopic (exact) mass is 216 g/mol. The summed E-state index contributed by atoms with van der Waals surface area (Å²) in [6.07, 6.45) is 0. The molecule has 2 rings (SSSR count). The van der Waals surface area contributed by atoms with Crippen LogP contribution in [0.1, 0.15) is 23.0 Å². The van der Waals surface area contributed by atoms with Gasteiger partial charge in [0.1, 0.15) is 5.82 Å². The quantitative estimate of drug-likeness (QED) is 0.838. The predicted octanol–water partition coefficient (Wildman–Crippen LogP) is 2.58. The Morgan fingerprint density at radius 2 is 1.88 bits per heavy atom. The summed E-state index contributed by atoms with van der Waals surface area (Å²) in [6.45, 7) is 1.89. The normalized spacial score (nSPS) is 12.4. The molecule has 1 unspecified atom stereocenters. The van der Waals surface area contributed by atoms with Gasteiger partial charge in [0.25, 0.3) is 0 Å². The number of rotatable bonds is 2. The number of aryl methyl sites for hydroxylation is 1. The van der Waals surface area contributed by atoms with Gasteiger partial charge in [-0.3, -0.25) is 4.98 Å². The molecule has 0 saturated heterocycles. The molecule has 0 aliphatic carbocycles. The Kier molecular flexibility index (Phi) is 2.97. The number of hydrogen-bond donors (Lipinski definition) is 1. The van der Waals surface area contributed by atoms with Crippen molar-refractivity contribution in [1.82, 2.24) is 4.98 Å². The Morgan fingerprint density at radius 3 is 2.56 bits per heavy atom. The lowest BCUT2D eigenvalue weighted by molar-refractivity contribution is 0.597. The van der Waals surface area contributed by atoms with Gasteiger partial charge in [0.05, 0.1) is 11.7 Å². The molecule has 0 fully saturated rings. The summed E-state index contributed by atoms with van der Waals surface area (Å²) < 4.78 is 13.5. The third-order valence-corrected chi connectivity index (χ3v) is 2.47. The molecular formula is C13H13FN2. The molecule has 0 saturated carbocycles. The van der Waals surface area contributed by atoms with E-state index < -0.39 is 6.04 Å². The number of pyridine rings is 1. The Balaban J connectivity index is 2.39. The third-order valence-electron chi connectivity index (χ3n) is 2.47. The minimum Gasteiger partial charge on any atom is -0.319 e. The molecule has 3 heteroatoms. The SMILES string of the molecule is Cc1cccc(C(N)c2ccccc2F)n1. The second kappa shape index (κ2) is 4.41. The molecule has 1 heterocycles. The number of halogens is 1. The van der Waals surface area contributed by atoms with Crippen molar-refractivity contribution in [1.29, 1.82) is 0 Å². The second-order valence-corrected chi connectivity index (χ2v) is 3.70. The van der Waals surface area contributed by atoms with Crippen LogP contribution < -0.4 is 5.73 Å². The van der Waals surface area contributed by atoms with Gasteiger partial charge in [0.15, 0.2) is 0 Å². The number of nitrogens with two attached hydrogens (primary N) is 1. The molecule has 1 aromatic carbocycles. The highest BCUT2D eigenvalue weighted by molar-refractivity contribution is 5.29. The Morgan fingerprint density at radius 1 is 1.12 bits per heavy atom. The fourth-order valence-electron chi connectivity index (χ4n) is 1.62. The van der Waals surface area contributed by atoms with Crippen molar-refractivity contribution in [2.45, 2.75) is 13.0 Å². The third kappa shape index (κ3) is 2.09. The zero-order valence-electron chi connectivity index (χ0n) is 9.02. The van der Waals surface area contributed by atoms with Crippen molar-refractivity contribution >= 4 is 0 Å². The fraction of sp³-hybridized carbons (Fsp3) is 0.154. The molecule has 0 aliphatic rings. The van der Waals surface area contributed by atoms with Crippen LogP contribution in [0.3, 0.4) is 0 Å². The lowest BCUT2D eigenvalue weighted by Crippen LogP contribution is -2.15. The van der Waals surface area contributed by atoms with E-state index in [1.165, 1.54) is 6.07 Å². The first-order valence-corrected chi connectivity index (χ1v) is 5.12. The van der Waals surface area contributed by atoms with Gasteiger partial charge in [-0.1, -0.05) is 24.3 Å². The maximum atomic E-state index is 13.5. The summed E-state index contributed by atoms with van der Waals surface area (Å²) in [7, 11) is 0. The molecule has 1 atom stereocenters. The smallest absolute Gasteiger partial charge is 0.128 e. The molecular weight excluding hydrogens is 203 g/mol. The molecule has 82 valence electrons. The van der Waals surface area contributed by atoms with Gasteiger partial charge in [0.2, 0.25) is 0 Å². The van der Waals surface area contributed by atoms with Crippen molar-refractivity contribution < 1.29 is 4.39 Å². The van der Waals surface area contributed by atoms with Crippen LogP contribution in [-0.4, -0.2) is 4.98 Å². The largest absolute Gasteiger partial charge is 0.319 e. The van der Waals surface area contributed by atoms with Crippen molar-refractivity contribution in [3.63, 3.8) is 0 Å². The first-order chi connectivity index (χ1) is 7.68. The molecule has 0 aliphatic heterocycles. The molecule has 2 nitrogen and oxygen atoms in total. The van der Waals surface area contributed by atoms with Crippen LogP contribution in [0.2, 0.25) is 0 Å².